The number of benzene rings is 1. The van der Waals surface area contributed by atoms with Gasteiger partial charge in [-0.25, -0.2) is 0 Å². The highest BCUT2D eigenvalue weighted by Crippen LogP contribution is 2.27. The molecule has 21 heavy (non-hydrogen) atoms. The predicted molar refractivity (Wildman–Crippen MR) is 67.6 cm³/mol. The number of aryl methyl sites for hydroxylation is 1. The van der Waals surface area contributed by atoms with Crippen molar-refractivity contribution < 1.29 is 17.9 Å². The number of alkyl halides is 3. The lowest BCUT2D eigenvalue weighted by Crippen LogP contribution is -2.16. The van der Waals surface area contributed by atoms with E-state index in [-0.39, 0.29) is 5.75 Å². The Morgan fingerprint density at radius 1 is 1.10 bits per heavy atom. The molecule has 1 aromatic carbocycles. The summed E-state index contributed by atoms with van der Waals surface area (Å²) >= 11 is 0. The Hall–Kier alpha value is -2.64. The third-order valence-electron chi connectivity index (χ3n) is 2.90. The number of nitrogens with zero attached hydrogens (tertiary/aromatic N) is 4. The fourth-order valence-electron chi connectivity index (χ4n) is 2.01. The Morgan fingerprint density at radius 2 is 1.81 bits per heavy atom. The van der Waals surface area contributed by atoms with Gasteiger partial charge in [-0.15, -0.1) is 18.3 Å². The van der Waals surface area contributed by atoms with Crippen LogP contribution in [0.4, 0.5) is 13.2 Å². The zero-order valence-corrected chi connectivity index (χ0v) is 10.8. The van der Waals surface area contributed by atoms with Crippen LogP contribution in [0.5, 0.6) is 5.75 Å². The van der Waals surface area contributed by atoms with Crippen LogP contribution in [0.1, 0.15) is 5.56 Å². The van der Waals surface area contributed by atoms with E-state index >= 15 is 0 Å². The first kappa shape index (κ1) is 13.3. The number of ether oxygens (including phenoxy) is 1. The lowest BCUT2D eigenvalue weighted by molar-refractivity contribution is -0.274. The molecule has 0 spiro atoms. The van der Waals surface area contributed by atoms with Gasteiger partial charge >= 0.3 is 6.36 Å². The van der Waals surface area contributed by atoms with Crippen LogP contribution in [0.2, 0.25) is 0 Å². The lowest BCUT2D eigenvalue weighted by atomic mass is 10.1. The summed E-state index contributed by atoms with van der Waals surface area (Å²) < 4.78 is 41.7. The molecule has 0 aliphatic carbocycles. The molecule has 0 radical (unpaired) electrons. The molecule has 0 aliphatic heterocycles. The van der Waals surface area contributed by atoms with Crippen molar-refractivity contribution in [2.24, 2.45) is 0 Å². The lowest BCUT2D eigenvalue weighted by Gasteiger charge is -2.09. The number of tetrazole rings is 1. The monoisotopic (exact) mass is 294 g/mol. The molecule has 0 N–H and O–H groups in total. The fraction of sp³-hybridized carbons (Fsp3) is 0.154. The van der Waals surface area contributed by atoms with E-state index in [1.807, 2.05) is 13.0 Å². The summed E-state index contributed by atoms with van der Waals surface area (Å²) in [5.41, 5.74) is 3.04. The van der Waals surface area contributed by atoms with E-state index < -0.39 is 6.36 Å². The fourth-order valence-corrected chi connectivity index (χ4v) is 2.01. The number of halogens is 3. The minimum Gasteiger partial charge on any atom is -0.406 e. The third kappa shape index (κ3) is 2.78. The standard InChI is InChI=1S/C13H9F3N4O/c1-8-6-10(7-20-12(8)17-18-19-20)9-2-4-11(5-3-9)21-13(14,15)16/h2-7H,1H3. The van der Waals surface area contributed by atoms with Gasteiger partial charge in [0.1, 0.15) is 5.75 Å². The second-order valence-electron chi connectivity index (χ2n) is 4.43. The molecule has 5 nitrogen and oxygen atoms in total. The number of rotatable bonds is 2. The van der Waals surface area contributed by atoms with Crippen molar-refractivity contribution in [1.82, 2.24) is 20.0 Å². The van der Waals surface area contributed by atoms with E-state index in [1.165, 1.54) is 16.6 Å². The number of fused-ring (bicyclic) bond motifs is 1. The van der Waals surface area contributed by atoms with Crippen LogP contribution in [0, 0.1) is 6.92 Å². The molecule has 2 aromatic heterocycles. The first-order valence-corrected chi connectivity index (χ1v) is 5.97. The van der Waals surface area contributed by atoms with Crippen LogP contribution in [0.3, 0.4) is 0 Å². The van der Waals surface area contributed by atoms with E-state index in [0.29, 0.717) is 5.65 Å². The quantitative estimate of drug-likeness (QED) is 0.729. The summed E-state index contributed by atoms with van der Waals surface area (Å²) in [6.45, 7) is 1.86. The van der Waals surface area contributed by atoms with Crippen molar-refractivity contribution in [1.29, 1.82) is 0 Å². The average molecular weight is 294 g/mol. The molecule has 3 rings (SSSR count). The maximum Gasteiger partial charge on any atom is 0.573 e. The first-order chi connectivity index (χ1) is 9.92. The smallest absolute Gasteiger partial charge is 0.406 e. The molecule has 0 aliphatic rings. The van der Waals surface area contributed by atoms with Gasteiger partial charge in [0.15, 0.2) is 5.65 Å². The molecule has 0 unspecified atom stereocenters. The number of pyridine rings is 1. The second kappa shape index (κ2) is 4.72. The van der Waals surface area contributed by atoms with Crippen LogP contribution in [-0.2, 0) is 0 Å². The highest BCUT2D eigenvalue weighted by Gasteiger charge is 2.30. The molecule has 0 saturated carbocycles. The number of hydrogen-bond donors (Lipinski definition) is 0. The zero-order chi connectivity index (χ0) is 15.0. The van der Waals surface area contributed by atoms with E-state index in [0.717, 1.165) is 16.7 Å². The SMILES string of the molecule is Cc1cc(-c2ccc(OC(F)(F)F)cc2)cn2nnnc12. The molecular weight excluding hydrogens is 285 g/mol. The van der Waals surface area contributed by atoms with Crippen LogP contribution in [-0.4, -0.2) is 26.4 Å². The number of aromatic nitrogens is 4. The maximum absolute atomic E-state index is 12.1. The summed E-state index contributed by atoms with van der Waals surface area (Å²) in [6.07, 6.45) is -2.98. The highest BCUT2D eigenvalue weighted by atomic mass is 19.4. The van der Waals surface area contributed by atoms with Gasteiger partial charge in [-0.2, -0.15) is 4.52 Å². The van der Waals surface area contributed by atoms with Crippen LogP contribution >= 0.6 is 0 Å². The summed E-state index contributed by atoms with van der Waals surface area (Å²) in [5.74, 6) is -0.258. The van der Waals surface area contributed by atoms with Crippen molar-refractivity contribution in [3.05, 3.63) is 42.1 Å². The first-order valence-electron chi connectivity index (χ1n) is 5.97. The molecule has 3 aromatic rings. The van der Waals surface area contributed by atoms with Gasteiger partial charge in [0.25, 0.3) is 0 Å². The molecule has 0 saturated heterocycles. The Labute approximate surface area is 117 Å². The zero-order valence-electron chi connectivity index (χ0n) is 10.8. The van der Waals surface area contributed by atoms with Gasteiger partial charge in [-0.1, -0.05) is 12.1 Å². The van der Waals surface area contributed by atoms with Crippen LogP contribution in [0.15, 0.2) is 36.5 Å². The van der Waals surface area contributed by atoms with E-state index in [2.05, 4.69) is 20.3 Å². The Balaban J connectivity index is 1.95. The van der Waals surface area contributed by atoms with Gasteiger partial charge in [-0.3, -0.25) is 0 Å². The molecule has 2 heterocycles. The Bertz CT molecular complexity index is 780. The van der Waals surface area contributed by atoms with Crippen molar-refractivity contribution in [2.75, 3.05) is 0 Å². The van der Waals surface area contributed by atoms with Gasteiger partial charge in [-0.05, 0) is 46.7 Å². The molecule has 8 heteroatoms. The summed E-state index contributed by atoms with van der Waals surface area (Å²) in [5, 5.41) is 11.2. The van der Waals surface area contributed by atoms with Crippen molar-refractivity contribution in [3.8, 4) is 16.9 Å². The van der Waals surface area contributed by atoms with Crippen LogP contribution < -0.4 is 4.74 Å². The predicted octanol–water partition coefficient (Wildman–Crippen LogP) is 3.00. The van der Waals surface area contributed by atoms with Crippen LogP contribution in [0.25, 0.3) is 16.8 Å². The average Bonchev–Trinajstić information content (AvgIpc) is 2.86. The molecule has 0 bridgehead atoms. The largest absolute Gasteiger partial charge is 0.573 e. The van der Waals surface area contributed by atoms with Gasteiger partial charge in [0.2, 0.25) is 0 Å². The normalized spacial score (nSPS) is 11.8. The minimum atomic E-state index is -4.69. The topological polar surface area (TPSA) is 52.3 Å². The summed E-state index contributed by atoms with van der Waals surface area (Å²) in [7, 11) is 0. The van der Waals surface area contributed by atoms with Gasteiger partial charge in [0.05, 0.1) is 0 Å². The minimum absolute atomic E-state index is 0.258. The molecular formula is C13H9F3N4O. The second-order valence-corrected chi connectivity index (χ2v) is 4.43. The summed E-state index contributed by atoms with van der Waals surface area (Å²) in [6, 6.07) is 7.49. The van der Waals surface area contributed by atoms with Gasteiger partial charge < -0.3 is 4.74 Å². The molecule has 0 fully saturated rings. The Kier molecular flexibility index (Phi) is 3.00. The molecule has 108 valence electrons. The molecule has 0 atom stereocenters. The van der Waals surface area contributed by atoms with E-state index in [1.54, 1.807) is 18.3 Å². The number of hydrogen-bond acceptors (Lipinski definition) is 4. The molecule has 0 amide bonds. The van der Waals surface area contributed by atoms with Gasteiger partial charge in [0, 0.05) is 11.8 Å². The third-order valence-corrected chi connectivity index (χ3v) is 2.90. The summed E-state index contributed by atoms with van der Waals surface area (Å²) in [4.78, 5) is 0. The van der Waals surface area contributed by atoms with Crippen molar-refractivity contribution >= 4 is 5.65 Å². The Morgan fingerprint density at radius 3 is 2.48 bits per heavy atom. The van der Waals surface area contributed by atoms with E-state index in [4.69, 9.17) is 0 Å². The maximum atomic E-state index is 12.1. The van der Waals surface area contributed by atoms with E-state index in [9.17, 15) is 13.2 Å². The van der Waals surface area contributed by atoms with Crippen molar-refractivity contribution in [3.63, 3.8) is 0 Å². The highest BCUT2D eigenvalue weighted by molar-refractivity contribution is 5.66. The van der Waals surface area contributed by atoms with Crippen molar-refractivity contribution in [2.45, 2.75) is 13.3 Å².